The molecule has 0 aromatic heterocycles. The standard InChI is InChI=1S/C28H38N4O6/c1-6-17-32(26(36)22(15-16-23(29)34)31-27(37)38-28(3,4)5)24(19-11-13-20(33)14-12-19)25(35)30-21-10-8-7-9-18(21)2/h7-14,22,24,33H,6,15-17H2,1-5H3,(H2,29,34)(H,30,35)(H,31,37). The number of primary amides is 1. The SMILES string of the molecule is CCCN(C(=O)C(CCC(N)=O)NC(=O)OC(C)(C)C)C(C(=O)Nc1ccccc1C)c1ccc(O)cc1. The van der Waals surface area contributed by atoms with Gasteiger partial charge >= 0.3 is 6.09 Å². The van der Waals surface area contributed by atoms with Crippen molar-refractivity contribution in [2.45, 2.75) is 71.6 Å². The number of amides is 4. The molecule has 10 heteroatoms. The minimum absolute atomic E-state index is 0.00565. The molecule has 2 rings (SSSR count). The summed E-state index contributed by atoms with van der Waals surface area (Å²) in [6, 6.07) is 11.0. The Morgan fingerprint density at radius 2 is 1.68 bits per heavy atom. The predicted molar refractivity (Wildman–Crippen MR) is 144 cm³/mol. The van der Waals surface area contributed by atoms with Crippen LogP contribution < -0.4 is 16.4 Å². The van der Waals surface area contributed by atoms with Gasteiger partial charge in [0.15, 0.2) is 0 Å². The topological polar surface area (TPSA) is 151 Å². The number of phenolic OH excluding ortho intramolecular Hbond substituents is 1. The van der Waals surface area contributed by atoms with Crippen molar-refractivity contribution in [2.24, 2.45) is 5.73 Å². The van der Waals surface area contributed by atoms with Crippen LogP contribution in [0.15, 0.2) is 48.5 Å². The van der Waals surface area contributed by atoms with E-state index in [1.54, 1.807) is 45.0 Å². The molecule has 10 nitrogen and oxygen atoms in total. The number of alkyl carbamates (subject to hydrolysis) is 1. The van der Waals surface area contributed by atoms with Gasteiger partial charge < -0.3 is 31.1 Å². The molecule has 0 fully saturated rings. The second-order valence-corrected chi connectivity index (χ2v) is 10.0. The summed E-state index contributed by atoms with van der Waals surface area (Å²) in [4.78, 5) is 53.1. The number of benzene rings is 2. The van der Waals surface area contributed by atoms with Crippen LogP contribution in [0, 0.1) is 6.92 Å². The van der Waals surface area contributed by atoms with Gasteiger partial charge in [0.1, 0.15) is 23.4 Å². The Labute approximate surface area is 223 Å². The van der Waals surface area contributed by atoms with Crippen molar-refractivity contribution < 1.29 is 29.0 Å². The van der Waals surface area contributed by atoms with Gasteiger partial charge in [0.05, 0.1) is 0 Å². The Hall–Kier alpha value is -4.08. The van der Waals surface area contributed by atoms with Gasteiger partial charge in [-0.25, -0.2) is 4.79 Å². The Bertz CT molecular complexity index is 1130. The van der Waals surface area contributed by atoms with Crippen LogP contribution in [0.4, 0.5) is 10.5 Å². The number of nitrogens with two attached hydrogens (primary N) is 1. The van der Waals surface area contributed by atoms with Crippen LogP contribution in [0.1, 0.15) is 64.1 Å². The van der Waals surface area contributed by atoms with Crippen molar-refractivity contribution in [3.05, 3.63) is 59.7 Å². The Morgan fingerprint density at radius 1 is 1.05 bits per heavy atom. The highest BCUT2D eigenvalue weighted by molar-refractivity contribution is 5.99. The number of para-hydroxylation sites is 1. The zero-order valence-corrected chi connectivity index (χ0v) is 22.6. The lowest BCUT2D eigenvalue weighted by Gasteiger charge is -2.34. The lowest BCUT2D eigenvalue weighted by Crippen LogP contribution is -2.52. The van der Waals surface area contributed by atoms with E-state index in [0.29, 0.717) is 17.7 Å². The number of anilines is 1. The molecule has 0 saturated carbocycles. The van der Waals surface area contributed by atoms with E-state index in [2.05, 4.69) is 10.6 Å². The third-order valence-electron chi connectivity index (χ3n) is 5.59. The fourth-order valence-corrected chi connectivity index (χ4v) is 3.85. The Kier molecular flexibility index (Phi) is 10.7. The Balaban J connectivity index is 2.49. The number of phenols is 1. The molecule has 2 aromatic rings. The number of aromatic hydroxyl groups is 1. The van der Waals surface area contributed by atoms with Crippen LogP contribution in [0.5, 0.6) is 5.75 Å². The average molecular weight is 527 g/mol. The Morgan fingerprint density at radius 3 is 2.24 bits per heavy atom. The number of rotatable bonds is 11. The van der Waals surface area contributed by atoms with Crippen molar-refractivity contribution >= 4 is 29.5 Å². The molecule has 2 unspecified atom stereocenters. The van der Waals surface area contributed by atoms with Crippen molar-refractivity contribution in [1.29, 1.82) is 0 Å². The third kappa shape index (κ3) is 9.10. The first kappa shape index (κ1) is 30.1. The summed E-state index contributed by atoms with van der Waals surface area (Å²) < 4.78 is 5.32. The minimum atomic E-state index is -1.17. The van der Waals surface area contributed by atoms with E-state index in [1.807, 2.05) is 26.0 Å². The summed E-state index contributed by atoms with van der Waals surface area (Å²) in [6.45, 7) is 8.94. The summed E-state index contributed by atoms with van der Waals surface area (Å²) >= 11 is 0. The normalized spacial score (nSPS) is 12.7. The number of hydrogen-bond donors (Lipinski definition) is 4. The van der Waals surface area contributed by atoms with Gasteiger partial charge in [0, 0.05) is 18.7 Å². The molecule has 2 aromatic carbocycles. The van der Waals surface area contributed by atoms with E-state index in [-0.39, 0.29) is 25.1 Å². The molecule has 0 saturated heterocycles. The van der Waals surface area contributed by atoms with E-state index >= 15 is 0 Å². The molecule has 0 aliphatic heterocycles. The van der Waals surface area contributed by atoms with E-state index in [0.717, 1.165) is 5.56 Å². The number of nitrogens with zero attached hydrogens (tertiary/aromatic N) is 1. The monoisotopic (exact) mass is 526 g/mol. The lowest BCUT2D eigenvalue weighted by atomic mass is 10.0. The number of carbonyl (C=O) groups excluding carboxylic acids is 4. The molecule has 0 spiro atoms. The smallest absolute Gasteiger partial charge is 0.408 e. The molecule has 5 N–H and O–H groups in total. The molecular formula is C28H38N4O6. The largest absolute Gasteiger partial charge is 0.508 e. The summed E-state index contributed by atoms with van der Waals surface area (Å²) in [6.07, 6.45) is -0.560. The maximum absolute atomic E-state index is 13.9. The second kappa shape index (κ2) is 13.5. The van der Waals surface area contributed by atoms with Gasteiger partial charge in [-0.2, -0.15) is 0 Å². The van der Waals surface area contributed by atoms with Gasteiger partial charge in [-0.3, -0.25) is 14.4 Å². The van der Waals surface area contributed by atoms with Crippen LogP contribution in [0.2, 0.25) is 0 Å². The van der Waals surface area contributed by atoms with E-state index in [1.165, 1.54) is 17.0 Å². The zero-order chi connectivity index (χ0) is 28.5. The highest BCUT2D eigenvalue weighted by Crippen LogP contribution is 2.27. The molecule has 0 aliphatic carbocycles. The van der Waals surface area contributed by atoms with Crippen molar-refractivity contribution in [3.63, 3.8) is 0 Å². The first-order chi connectivity index (χ1) is 17.8. The third-order valence-corrected chi connectivity index (χ3v) is 5.59. The second-order valence-electron chi connectivity index (χ2n) is 10.0. The number of nitrogens with one attached hydrogen (secondary N) is 2. The average Bonchev–Trinajstić information content (AvgIpc) is 2.82. The summed E-state index contributed by atoms with van der Waals surface area (Å²) in [5.41, 5.74) is 6.40. The van der Waals surface area contributed by atoms with E-state index < -0.39 is 41.5 Å². The van der Waals surface area contributed by atoms with Crippen LogP contribution >= 0.6 is 0 Å². The number of ether oxygens (including phenoxy) is 1. The van der Waals surface area contributed by atoms with Gasteiger partial charge in [0.25, 0.3) is 5.91 Å². The van der Waals surface area contributed by atoms with Gasteiger partial charge in [-0.05, 0) is 69.9 Å². The number of hydrogen-bond acceptors (Lipinski definition) is 6. The molecule has 38 heavy (non-hydrogen) atoms. The summed E-state index contributed by atoms with van der Waals surface area (Å²) in [7, 11) is 0. The zero-order valence-electron chi connectivity index (χ0n) is 22.6. The number of carbonyl (C=O) groups is 4. The van der Waals surface area contributed by atoms with Crippen LogP contribution in [0.25, 0.3) is 0 Å². The van der Waals surface area contributed by atoms with Crippen molar-refractivity contribution in [1.82, 2.24) is 10.2 Å². The van der Waals surface area contributed by atoms with Crippen LogP contribution in [0.3, 0.4) is 0 Å². The van der Waals surface area contributed by atoms with Gasteiger partial charge in [-0.1, -0.05) is 37.3 Å². The number of aryl methyl sites for hydroxylation is 1. The minimum Gasteiger partial charge on any atom is -0.508 e. The molecular weight excluding hydrogens is 488 g/mol. The first-order valence-electron chi connectivity index (χ1n) is 12.6. The van der Waals surface area contributed by atoms with Gasteiger partial charge in [0.2, 0.25) is 11.8 Å². The molecule has 0 heterocycles. The summed E-state index contributed by atoms with van der Waals surface area (Å²) in [5.74, 6) is -1.68. The lowest BCUT2D eigenvalue weighted by molar-refractivity contribution is -0.141. The maximum atomic E-state index is 13.9. The van der Waals surface area contributed by atoms with Crippen LogP contribution in [-0.2, 0) is 19.1 Å². The van der Waals surface area contributed by atoms with Crippen molar-refractivity contribution in [3.8, 4) is 5.75 Å². The fraction of sp³-hybridized carbons (Fsp3) is 0.429. The first-order valence-corrected chi connectivity index (χ1v) is 12.6. The van der Waals surface area contributed by atoms with E-state index in [9.17, 15) is 24.3 Å². The predicted octanol–water partition coefficient (Wildman–Crippen LogP) is 3.78. The highest BCUT2D eigenvalue weighted by Gasteiger charge is 2.36. The van der Waals surface area contributed by atoms with Gasteiger partial charge in [-0.15, -0.1) is 0 Å². The molecule has 4 amide bonds. The van der Waals surface area contributed by atoms with E-state index in [4.69, 9.17) is 10.5 Å². The molecule has 0 radical (unpaired) electrons. The van der Waals surface area contributed by atoms with Crippen molar-refractivity contribution in [2.75, 3.05) is 11.9 Å². The molecule has 2 atom stereocenters. The quantitative estimate of drug-likeness (QED) is 0.350. The maximum Gasteiger partial charge on any atom is 0.408 e. The fourth-order valence-electron chi connectivity index (χ4n) is 3.85. The highest BCUT2D eigenvalue weighted by atomic mass is 16.6. The molecule has 0 bridgehead atoms. The molecule has 206 valence electrons. The summed E-state index contributed by atoms with van der Waals surface area (Å²) in [5, 5.41) is 15.3. The van der Waals surface area contributed by atoms with Crippen LogP contribution in [-0.4, -0.2) is 52.0 Å². The molecule has 0 aliphatic rings.